The maximum Gasteiger partial charge on any atom is 0.317 e. The van der Waals surface area contributed by atoms with Crippen LogP contribution in [-0.2, 0) is 6.42 Å². The SMILES string of the molecule is COc1ccc(CCNC(=O)N2CCC(c3nc4ccccc4o3)CC2)cc1. The van der Waals surface area contributed by atoms with Crippen molar-refractivity contribution in [1.29, 1.82) is 0 Å². The van der Waals surface area contributed by atoms with Gasteiger partial charge in [-0.25, -0.2) is 9.78 Å². The van der Waals surface area contributed by atoms with Gasteiger partial charge in [0, 0.05) is 25.6 Å². The van der Waals surface area contributed by atoms with Gasteiger partial charge in [-0.15, -0.1) is 0 Å². The lowest BCUT2D eigenvalue weighted by molar-refractivity contribution is 0.178. The zero-order valence-corrected chi connectivity index (χ0v) is 16.1. The van der Waals surface area contributed by atoms with E-state index >= 15 is 0 Å². The second-order valence-electron chi connectivity index (χ2n) is 7.11. The summed E-state index contributed by atoms with van der Waals surface area (Å²) in [5, 5.41) is 3.02. The highest BCUT2D eigenvalue weighted by Gasteiger charge is 2.26. The summed E-state index contributed by atoms with van der Waals surface area (Å²) in [5.41, 5.74) is 2.91. The van der Waals surface area contributed by atoms with Crippen LogP contribution in [0.5, 0.6) is 5.75 Å². The topological polar surface area (TPSA) is 67.6 Å². The van der Waals surface area contributed by atoms with E-state index in [1.54, 1.807) is 7.11 Å². The lowest BCUT2D eigenvalue weighted by Crippen LogP contribution is -2.44. The van der Waals surface area contributed by atoms with Gasteiger partial charge in [-0.1, -0.05) is 24.3 Å². The predicted octanol–water partition coefficient (Wildman–Crippen LogP) is 3.97. The minimum absolute atomic E-state index is 0.00419. The molecule has 1 N–H and O–H groups in total. The first-order valence-corrected chi connectivity index (χ1v) is 9.74. The Hall–Kier alpha value is -3.02. The molecule has 0 bridgehead atoms. The van der Waals surface area contributed by atoms with Crippen LogP contribution in [0.1, 0.15) is 30.2 Å². The minimum Gasteiger partial charge on any atom is -0.497 e. The Morgan fingerprint density at radius 1 is 1.18 bits per heavy atom. The third kappa shape index (κ3) is 4.11. The lowest BCUT2D eigenvalue weighted by atomic mass is 9.97. The van der Waals surface area contributed by atoms with Crippen molar-refractivity contribution < 1.29 is 13.9 Å². The Bertz CT molecular complexity index is 895. The average Bonchev–Trinajstić information content (AvgIpc) is 3.18. The molecule has 3 aromatic rings. The molecule has 2 heterocycles. The number of hydrogen-bond acceptors (Lipinski definition) is 4. The molecular weight excluding hydrogens is 354 g/mol. The van der Waals surface area contributed by atoms with Gasteiger partial charge >= 0.3 is 6.03 Å². The minimum atomic E-state index is 0.00419. The number of benzene rings is 2. The van der Waals surface area contributed by atoms with E-state index in [4.69, 9.17) is 9.15 Å². The molecule has 0 aliphatic carbocycles. The van der Waals surface area contributed by atoms with E-state index in [1.807, 2.05) is 53.4 Å². The molecule has 4 rings (SSSR count). The van der Waals surface area contributed by atoms with Crippen LogP contribution in [0.15, 0.2) is 52.9 Å². The first kappa shape index (κ1) is 18.3. The van der Waals surface area contributed by atoms with Gasteiger partial charge in [0.2, 0.25) is 0 Å². The maximum absolute atomic E-state index is 12.4. The predicted molar refractivity (Wildman–Crippen MR) is 108 cm³/mol. The number of piperidine rings is 1. The van der Waals surface area contributed by atoms with Gasteiger partial charge in [0.05, 0.1) is 7.11 Å². The van der Waals surface area contributed by atoms with E-state index in [1.165, 1.54) is 5.56 Å². The largest absolute Gasteiger partial charge is 0.497 e. The monoisotopic (exact) mass is 379 g/mol. The van der Waals surface area contributed by atoms with Crippen molar-refractivity contribution in [3.8, 4) is 5.75 Å². The average molecular weight is 379 g/mol. The molecule has 146 valence electrons. The standard InChI is InChI=1S/C22H25N3O3/c1-27-18-8-6-16(7-9-18)10-13-23-22(26)25-14-11-17(12-15-25)21-24-19-4-2-3-5-20(19)28-21/h2-9,17H,10-15H2,1H3,(H,23,26). The van der Waals surface area contributed by atoms with E-state index in [-0.39, 0.29) is 11.9 Å². The molecule has 1 aliphatic rings. The molecule has 1 fully saturated rings. The van der Waals surface area contributed by atoms with Crippen LogP contribution in [0.4, 0.5) is 4.79 Å². The number of nitrogens with zero attached hydrogens (tertiary/aromatic N) is 2. The third-order valence-corrected chi connectivity index (χ3v) is 5.29. The number of urea groups is 1. The van der Waals surface area contributed by atoms with Crippen LogP contribution in [0, 0.1) is 0 Å². The molecule has 28 heavy (non-hydrogen) atoms. The summed E-state index contributed by atoms with van der Waals surface area (Å²) in [6, 6.07) is 15.8. The summed E-state index contributed by atoms with van der Waals surface area (Å²) >= 11 is 0. The van der Waals surface area contributed by atoms with Gasteiger partial charge in [-0.05, 0) is 49.1 Å². The molecule has 2 aromatic carbocycles. The Morgan fingerprint density at radius 2 is 1.93 bits per heavy atom. The first-order chi connectivity index (χ1) is 13.7. The highest BCUT2D eigenvalue weighted by molar-refractivity contribution is 5.74. The molecule has 0 atom stereocenters. The normalized spacial score (nSPS) is 15.0. The van der Waals surface area contributed by atoms with E-state index in [0.717, 1.165) is 55.1 Å². The number of aromatic nitrogens is 1. The summed E-state index contributed by atoms with van der Waals surface area (Å²) in [7, 11) is 1.66. The number of nitrogens with one attached hydrogen (secondary N) is 1. The number of para-hydroxylation sites is 2. The third-order valence-electron chi connectivity index (χ3n) is 5.29. The summed E-state index contributed by atoms with van der Waals surface area (Å²) in [4.78, 5) is 18.9. The number of fused-ring (bicyclic) bond motifs is 1. The molecule has 0 unspecified atom stereocenters. The molecule has 0 saturated carbocycles. The van der Waals surface area contributed by atoms with Crippen LogP contribution in [0.25, 0.3) is 11.1 Å². The maximum atomic E-state index is 12.4. The lowest BCUT2D eigenvalue weighted by Gasteiger charge is -2.30. The Balaban J connectivity index is 1.24. The second-order valence-corrected chi connectivity index (χ2v) is 7.11. The molecule has 2 amide bonds. The number of rotatable bonds is 5. The van der Waals surface area contributed by atoms with Crippen molar-refractivity contribution >= 4 is 17.1 Å². The quantitative estimate of drug-likeness (QED) is 0.728. The molecule has 1 aliphatic heterocycles. The number of ether oxygens (including phenoxy) is 1. The number of amides is 2. The Kier molecular flexibility index (Phi) is 5.46. The van der Waals surface area contributed by atoms with Crippen molar-refractivity contribution in [1.82, 2.24) is 15.2 Å². The van der Waals surface area contributed by atoms with Gasteiger partial charge in [-0.3, -0.25) is 0 Å². The van der Waals surface area contributed by atoms with Gasteiger partial charge in [0.15, 0.2) is 11.5 Å². The number of carbonyl (C=O) groups is 1. The molecule has 1 aromatic heterocycles. The van der Waals surface area contributed by atoms with Crippen LogP contribution in [-0.4, -0.2) is 42.7 Å². The van der Waals surface area contributed by atoms with Gasteiger partial charge < -0.3 is 19.4 Å². The first-order valence-electron chi connectivity index (χ1n) is 9.74. The molecule has 6 nitrogen and oxygen atoms in total. The van der Waals surface area contributed by atoms with Gasteiger partial charge in [0.25, 0.3) is 0 Å². The summed E-state index contributed by atoms with van der Waals surface area (Å²) < 4.78 is 11.1. The molecule has 6 heteroatoms. The van der Waals surface area contributed by atoms with Crippen LogP contribution in [0.3, 0.4) is 0 Å². The number of methoxy groups -OCH3 is 1. The smallest absolute Gasteiger partial charge is 0.317 e. The van der Waals surface area contributed by atoms with E-state index in [2.05, 4.69) is 10.3 Å². The Morgan fingerprint density at radius 3 is 2.64 bits per heavy atom. The van der Waals surface area contributed by atoms with Crippen LogP contribution >= 0.6 is 0 Å². The van der Waals surface area contributed by atoms with Gasteiger partial charge in [-0.2, -0.15) is 0 Å². The fourth-order valence-corrected chi connectivity index (χ4v) is 3.61. The summed E-state index contributed by atoms with van der Waals surface area (Å²) in [5.74, 6) is 1.91. The highest BCUT2D eigenvalue weighted by Crippen LogP contribution is 2.29. The van der Waals surface area contributed by atoms with Crippen molar-refractivity contribution in [3.05, 3.63) is 60.0 Å². The fraction of sp³-hybridized carbons (Fsp3) is 0.364. The molecular formula is C22H25N3O3. The molecule has 1 saturated heterocycles. The second kappa shape index (κ2) is 8.33. The van der Waals surface area contributed by atoms with Crippen molar-refractivity contribution in [3.63, 3.8) is 0 Å². The summed E-state index contributed by atoms with van der Waals surface area (Å²) in [6.07, 6.45) is 2.55. The van der Waals surface area contributed by atoms with E-state index < -0.39 is 0 Å². The van der Waals surface area contributed by atoms with Crippen LogP contribution in [0.2, 0.25) is 0 Å². The number of likely N-dealkylation sites (tertiary alicyclic amines) is 1. The van der Waals surface area contributed by atoms with Crippen molar-refractivity contribution in [2.75, 3.05) is 26.7 Å². The number of oxazole rings is 1. The highest BCUT2D eigenvalue weighted by atomic mass is 16.5. The molecule has 0 radical (unpaired) electrons. The fourth-order valence-electron chi connectivity index (χ4n) is 3.61. The number of hydrogen-bond donors (Lipinski definition) is 1. The van der Waals surface area contributed by atoms with Gasteiger partial charge in [0.1, 0.15) is 11.3 Å². The number of carbonyl (C=O) groups excluding carboxylic acids is 1. The van der Waals surface area contributed by atoms with E-state index in [9.17, 15) is 4.79 Å². The van der Waals surface area contributed by atoms with Crippen molar-refractivity contribution in [2.45, 2.75) is 25.2 Å². The van der Waals surface area contributed by atoms with Crippen molar-refractivity contribution in [2.24, 2.45) is 0 Å². The summed E-state index contributed by atoms with van der Waals surface area (Å²) in [6.45, 7) is 2.06. The van der Waals surface area contributed by atoms with Crippen LogP contribution < -0.4 is 10.1 Å². The zero-order valence-electron chi connectivity index (χ0n) is 16.1. The Labute approximate surface area is 164 Å². The van der Waals surface area contributed by atoms with E-state index in [0.29, 0.717) is 6.54 Å². The molecule has 0 spiro atoms. The zero-order chi connectivity index (χ0) is 19.3.